The molecule has 0 fully saturated rings. The minimum absolute atomic E-state index is 0.192. The lowest BCUT2D eigenvalue weighted by Gasteiger charge is -2.40. The van der Waals surface area contributed by atoms with E-state index in [1.54, 1.807) is 48.5 Å². The molecule has 0 saturated heterocycles. The van der Waals surface area contributed by atoms with E-state index < -0.39 is 10.8 Å². The van der Waals surface area contributed by atoms with Gasteiger partial charge in [0.2, 0.25) is 0 Å². The van der Waals surface area contributed by atoms with Crippen LogP contribution in [0.5, 0.6) is 46.0 Å². The molecule has 0 aromatic heterocycles. The van der Waals surface area contributed by atoms with Gasteiger partial charge in [0.15, 0.2) is 0 Å². The van der Waals surface area contributed by atoms with Crippen LogP contribution in [0.4, 0.5) is 0 Å². The highest BCUT2D eigenvalue weighted by Gasteiger charge is 2.44. The summed E-state index contributed by atoms with van der Waals surface area (Å²) in [7, 11) is 0. The third-order valence-corrected chi connectivity index (χ3v) is 13.5. The van der Waals surface area contributed by atoms with Crippen LogP contribution in [-0.4, -0.2) is 20.4 Å². The summed E-state index contributed by atoms with van der Waals surface area (Å²) in [6, 6.07) is 46.2. The first-order valence-corrected chi connectivity index (χ1v) is 21.0. The second-order valence-corrected chi connectivity index (χ2v) is 17.0. The maximum Gasteiger partial charge on any atom is 0.132 e. The largest absolute Gasteiger partial charge is 0.508 e. The molecule has 0 spiro atoms. The summed E-state index contributed by atoms with van der Waals surface area (Å²) in [5, 5.41) is 49.4. The topological polar surface area (TPSA) is 99.4 Å². The average molecular weight is 823 g/mol. The first-order valence-electron chi connectivity index (χ1n) is 21.0. The predicted molar refractivity (Wildman–Crippen MR) is 253 cm³/mol. The van der Waals surface area contributed by atoms with E-state index in [9.17, 15) is 20.4 Å². The van der Waals surface area contributed by atoms with Crippen molar-refractivity contribution < 1.29 is 29.9 Å². The highest BCUT2D eigenvalue weighted by atomic mass is 16.5. The molecule has 0 amide bonds. The average Bonchev–Trinajstić information content (AvgIpc) is 3.28. The SMILES string of the molecule is C=C(/C=C\C(=C/C)C1(C)c2c(ccc3cc(O)ccc23)Oc2ccc3cc(O)ccc3c21)c1ccc(C2(C)c3c(ccc4cc(O)ccc34)Oc3ccc4cc(O)ccc4c32)cc1. The number of fused-ring (bicyclic) bond motifs is 12. The molecule has 2 aliphatic rings. The zero-order valence-electron chi connectivity index (χ0n) is 34.9. The van der Waals surface area contributed by atoms with Crippen molar-refractivity contribution >= 4 is 48.7 Å². The highest BCUT2D eigenvalue weighted by Crippen LogP contribution is 2.58. The number of hydrogen-bond donors (Lipinski definition) is 4. The van der Waals surface area contributed by atoms with Gasteiger partial charge >= 0.3 is 0 Å². The Morgan fingerprint density at radius 1 is 0.460 bits per heavy atom. The van der Waals surface area contributed by atoms with Crippen molar-refractivity contribution in [3.8, 4) is 46.0 Å². The smallest absolute Gasteiger partial charge is 0.132 e. The van der Waals surface area contributed by atoms with Crippen LogP contribution in [0.2, 0.25) is 0 Å². The highest BCUT2D eigenvalue weighted by molar-refractivity contribution is 5.99. The van der Waals surface area contributed by atoms with E-state index in [0.29, 0.717) is 0 Å². The van der Waals surface area contributed by atoms with Crippen LogP contribution in [0.15, 0.2) is 176 Å². The molecule has 2 heterocycles. The quantitative estimate of drug-likeness (QED) is 0.129. The molecule has 6 heteroatoms. The summed E-state index contributed by atoms with van der Waals surface area (Å²) in [4.78, 5) is 0. The number of allylic oxidation sites excluding steroid dienone is 5. The van der Waals surface area contributed by atoms with Crippen molar-refractivity contribution in [3.63, 3.8) is 0 Å². The van der Waals surface area contributed by atoms with Gasteiger partial charge in [-0.2, -0.15) is 0 Å². The maximum absolute atomic E-state index is 10.5. The molecular formula is C57H42O6. The second kappa shape index (κ2) is 13.8. The molecule has 63 heavy (non-hydrogen) atoms. The molecule has 9 aromatic rings. The number of ether oxygens (including phenoxy) is 2. The molecule has 0 unspecified atom stereocenters. The molecule has 6 nitrogen and oxygen atoms in total. The zero-order valence-corrected chi connectivity index (χ0v) is 34.9. The van der Waals surface area contributed by atoms with E-state index in [1.807, 2.05) is 79.7 Å². The van der Waals surface area contributed by atoms with Crippen LogP contribution in [0, 0.1) is 0 Å². The molecule has 0 aliphatic carbocycles. The Bertz CT molecular complexity index is 3320. The Balaban J connectivity index is 1.03. The molecule has 0 atom stereocenters. The van der Waals surface area contributed by atoms with E-state index in [4.69, 9.17) is 9.47 Å². The molecule has 2 aliphatic heterocycles. The van der Waals surface area contributed by atoms with Crippen LogP contribution < -0.4 is 9.47 Å². The first kappa shape index (κ1) is 38.0. The maximum atomic E-state index is 10.5. The Labute approximate surface area is 364 Å². The van der Waals surface area contributed by atoms with Crippen LogP contribution in [-0.2, 0) is 10.8 Å². The molecule has 0 saturated carbocycles. The number of phenols is 4. The Kier molecular flexibility index (Phi) is 8.31. The third-order valence-electron chi connectivity index (χ3n) is 13.5. The van der Waals surface area contributed by atoms with Gasteiger partial charge in [0.05, 0.1) is 10.8 Å². The summed E-state index contributed by atoms with van der Waals surface area (Å²) in [5.74, 6) is 3.74. The van der Waals surface area contributed by atoms with E-state index in [1.165, 1.54) is 0 Å². The van der Waals surface area contributed by atoms with Gasteiger partial charge in [0.1, 0.15) is 46.0 Å². The summed E-state index contributed by atoms with van der Waals surface area (Å²) in [6.07, 6.45) is 6.35. The van der Waals surface area contributed by atoms with Crippen molar-refractivity contribution in [3.05, 3.63) is 209 Å². The number of aromatic hydroxyl groups is 4. The van der Waals surface area contributed by atoms with Crippen molar-refractivity contribution in [2.75, 3.05) is 0 Å². The molecule has 4 N–H and O–H groups in total. The summed E-state index contributed by atoms with van der Waals surface area (Å²) >= 11 is 0. The van der Waals surface area contributed by atoms with Crippen LogP contribution >= 0.6 is 0 Å². The lowest BCUT2D eigenvalue weighted by Crippen LogP contribution is -2.30. The number of phenolic OH excluding ortho intramolecular Hbond substituents is 4. The van der Waals surface area contributed by atoms with Gasteiger partial charge in [0.25, 0.3) is 0 Å². The minimum atomic E-state index is -0.733. The number of benzene rings is 9. The molecular weight excluding hydrogens is 781 g/mol. The molecule has 0 bridgehead atoms. The van der Waals surface area contributed by atoms with E-state index in [0.717, 1.165) is 111 Å². The number of rotatable bonds is 5. The van der Waals surface area contributed by atoms with Crippen molar-refractivity contribution in [1.29, 1.82) is 0 Å². The minimum Gasteiger partial charge on any atom is -0.508 e. The monoisotopic (exact) mass is 822 g/mol. The zero-order chi connectivity index (χ0) is 43.4. The van der Waals surface area contributed by atoms with Gasteiger partial charge in [-0.1, -0.05) is 97.6 Å². The normalized spacial score (nSPS) is 14.8. The number of hydrogen-bond acceptors (Lipinski definition) is 6. The lowest BCUT2D eigenvalue weighted by atomic mass is 9.66. The van der Waals surface area contributed by atoms with Gasteiger partial charge in [0, 0.05) is 22.3 Å². The van der Waals surface area contributed by atoms with E-state index >= 15 is 0 Å². The molecule has 0 radical (unpaired) electrons. The van der Waals surface area contributed by atoms with E-state index in [-0.39, 0.29) is 23.0 Å². The first-order chi connectivity index (χ1) is 30.4. The summed E-state index contributed by atoms with van der Waals surface area (Å²) in [6.45, 7) is 11.1. The van der Waals surface area contributed by atoms with Crippen molar-refractivity contribution in [2.24, 2.45) is 0 Å². The molecule has 11 rings (SSSR count). The van der Waals surface area contributed by atoms with Crippen LogP contribution in [0.25, 0.3) is 48.7 Å². The summed E-state index contributed by atoms with van der Waals surface area (Å²) in [5.41, 5.74) is 6.35. The predicted octanol–water partition coefficient (Wildman–Crippen LogP) is 14.2. The van der Waals surface area contributed by atoms with Crippen molar-refractivity contribution in [1.82, 2.24) is 0 Å². The Morgan fingerprint density at radius 3 is 1.21 bits per heavy atom. The third kappa shape index (κ3) is 5.64. The van der Waals surface area contributed by atoms with Crippen LogP contribution in [0.1, 0.15) is 54.2 Å². The molecule has 9 aromatic carbocycles. The van der Waals surface area contributed by atoms with Gasteiger partial charge < -0.3 is 29.9 Å². The van der Waals surface area contributed by atoms with Gasteiger partial charge in [-0.3, -0.25) is 0 Å². The van der Waals surface area contributed by atoms with Crippen molar-refractivity contribution in [2.45, 2.75) is 31.6 Å². The fraction of sp³-hybridized carbons (Fsp3) is 0.0877. The van der Waals surface area contributed by atoms with Gasteiger partial charge in [-0.05, 0) is 159 Å². The lowest BCUT2D eigenvalue weighted by molar-refractivity contribution is 0.431. The standard InChI is InChI=1S/C57H42O6/c1-5-38(56(3)52-44-20-16-40(58)28-34(44)9-24-48(52)62-49-25-10-35-29-41(59)17-21-45(35)53(49)56)13-6-32(2)33-7-14-39(15-8-33)57(4)54-46-22-18-42(60)30-36(46)11-26-50(54)63-51-27-12-37-31-43(61)19-23-47(37)55(51)57/h5-31,58-61H,2H2,1,3-4H3/b13-6-,38-5+. The fourth-order valence-electron chi connectivity index (χ4n) is 10.5. The van der Waals surface area contributed by atoms with Gasteiger partial charge in [-0.15, -0.1) is 0 Å². The van der Waals surface area contributed by atoms with Gasteiger partial charge in [-0.25, -0.2) is 0 Å². The van der Waals surface area contributed by atoms with Crippen LogP contribution in [0.3, 0.4) is 0 Å². The Hall–Kier alpha value is -7.96. The summed E-state index contributed by atoms with van der Waals surface area (Å²) < 4.78 is 13.4. The Morgan fingerprint density at radius 2 is 0.825 bits per heavy atom. The van der Waals surface area contributed by atoms with E-state index in [2.05, 4.69) is 62.9 Å². The second-order valence-electron chi connectivity index (χ2n) is 17.0. The molecule has 306 valence electrons. The fourth-order valence-corrected chi connectivity index (χ4v) is 10.5.